The number of nitrogens with two attached hydrogens (primary N) is 1. The van der Waals surface area contributed by atoms with Crippen molar-refractivity contribution in [3.8, 4) is 5.75 Å². The molecule has 0 radical (unpaired) electrons. The molecule has 2 aromatic carbocycles. The van der Waals surface area contributed by atoms with Gasteiger partial charge in [-0.3, -0.25) is 4.79 Å². The molecule has 1 aliphatic heterocycles. The van der Waals surface area contributed by atoms with Crippen molar-refractivity contribution in [2.45, 2.75) is 31.7 Å². The van der Waals surface area contributed by atoms with Gasteiger partial charge < -0.3 is 15.8 Å². The maximum Gasteiger partial charge on any atom is 0.248 e. The van der Waals surface area contributed by atoms with Gasteiger partial charge in [-0.15, -0.1) is 5.10 Å². The Kier molecular flexibility index (Phi) is 6.78. The number of aromatic nitrogens is 3. The molecule has 10 heteroatoms. The highest BCUT2D eigenvalue weighted by molar-refractivity contribution is 9.10. The van der Waals surface area contributed by atoms with Gasteiger partial charge in [-0.05, 0) is 48.6 Å². The summed E-state index contributed by atoms with van der Waals surface area (Å²) in [7, 11) is 0. The first-order valence-corrected chi connectivity index (χ1v) is 12.1. The second-order valence-electron chi connectivity index (χ2n) is 7.12. The maximum atomic E-state index is 12.5. The van der Waals surface area contributed by atoms with Crippen molar-refractivity contribution in [1.82, 2.24) is 14.8 Å². The highest BCUT2D eigenvalue weighted by Crippen LogP contribution is 2.41. The Balaban J connectivity index is 1.78. The fourth-order valence-corrected chi connectivity index (χ4v) is 4.59. The highest BCUT2D eigenvalue weighted by atomic mass is 79.9. The number of fused-ring (bicyclic) bond motifs is 1. The largest absolute Gasteiger partial charge is 0.489 e. The summed E-state index contributed by atoms with van der Waals surface area (Å²) in [6.45, 7) is 4.18. The Labute approximate surface area is 203 Å². The predicted octanol–water partition coefficient (Wildman–Crippen LogP) is 5.16. The smallest absolute Gasteiger partial charge is 0.248 e. The second-order valence-corrected chi connectivity index (χ2v) is 9.71. The minimum absolute atomic E-state index is 0.340. The minimum Gasteiger partial charge on any atom is -0.489 e. The number of nitrogens with one attached hydrogen (secondary N) is 1. The molecule has 0 bridgehead atoms. The monoisotopic (exact) mass is 533 g/mol. The lowest BCUT2D eigenvalue weighted by Crippen LogP contribution is -2.32. The van der Waals surface area contributed by atoms with E-state index < -0.39 is 11.9 Å². The van der Waals surface area contributed by atoms with Crippen LogP contribution in [0.4, 0.5) is 5.95 Å². The maximum absolute atomic E-state index is 12.5. The fraction of sp³-hybridized carbons (Fsp3) is 0.227. The van der Waals surface area contributed by atoms with Gasteiger partial charge in [-0.2, -0.15) is 4.98 Å². The summed E-state index contributed by atoms with van der Waals surface area (Å²) in [6, 6.07) is 12.6. The van der Waals surface area contributed by atoms with Crippen LogP contribution in [0.3, 0.4) is 0 Å². The topological polar surface area (TPSA) is 95.1 Å². The first-order valence-electron chi connectivity index (χ1n) is 9.91. The van der Waals surface area contributed by atoms with Crippen molar-refractivity contribution >= 4 is 51.1 Å². The number of hydrogen-bond acceptors (Lipinski definition) is 6. The molecule has 1 aromatic heterocycles. The van der Waals surface area contributed by atoms with Gasteiger partial charge in [-0.1, -0.05) is 58.3 Å². The molecule has 166 valence electrons. The normalized spacial score (nSPS) is 15.3. The number of thioether (sulfide) groups is 1. The predicted molar refractivity (Wildman–Crippen MR) is 130 cm³/mol. The summed E-state index contributed by atoms with van der Waals surface area (Å²) in [4.78, 5) is 17.1. The molecular formula is C22H21BrClN5O2S. The summed E-state index contributed by atoms with van der Waals surface area (Å²) < 4.78 is 8.72. The van der Waals surface area contributed by atoms with Crippen LogP contribution in [-0.2, 0) is 11.4 Å². The van der Waals surface area contributed by atoms with Gasteiger partial charge in [-0.25, -0.2) is 4.68 Å². The van der Waals surface area contributed by atoms with E-state index in [1.54, 1.807) is 4.68 Å². The van der Waals surface area contributed by atoms with Crippen molar-refractivity contribution in [3.05, 3.63) is 74.4 Å². The number of nitrogens with zero attached hydrogens (tertiary/aromatic N) is 3. The molecule has 1 atom stereocenters. The molecule has 1 aliphatic rings. The number of amides is 1. The van der Waals surface area contributed by atoms with E-state index >= 15 is 0 Å². The molecule has 32 heavy (non-hydrogen) atoms. The minimum atomic E-state index is -0.583. The SMILES string of the molecule is CCSc1nc2n(n1)C(c1cc(Br)ccc1OCc1ccc(Cl)cc1)C(C(N)=O)=C(C)N2. The van der Waals surface area contributed by atoms with E-state index in [4.69, 9.17) is 22.1 Å². The summed E-state index contributed by atoms with van der Waals surface area (Å²) >= 11 is 11.1. The molecular weight excluding hydrogens is 514 g/mol. The molecule has 1 amide bonds. The van der Waals surface area contributed by atoms with E-state index in [0.29, 0.717) is 39.8 Å². The molecule has 0 fully saturated rings. The van der Waals surface area contributed by atoms with Gasteiger partial charge in [0, 0.05) is 20.8 Å². The van der Waals surface area contributed by atoms with Gasteiger partial charge in [0.25, 0.3) is 0 Å². The Morgan fingerprint density at radius 3 is 2.75 bits per heavy atom. The zero-order valence-electron chi connectivity index (χ0n) is 17.4. The number of carbonyl (C=O) groups is 1. The van der Waals surface area contributed by atoms with Gasteiger partial charge in [0.2, 0.25) is 17.0 Å². The Morgan fingerprint density at radius 1 is 1.31 bits per heavy atom. The lowest BCUT2D eigenvalue weighted by Gasteiger charge is -2.29. The first-order chi connectivity index (χ1) is 15.4. The van der Waals surface area contributed by atoms with E-state index in [1.165, 1.54) is 11.8 Å². The number of anilines is 1. The lowest BCUT2D eigenvalue weighted by molar-refractivity contribution is -0.115. The number of hydrogen-bond donors (Lipinski definition) is 2. The number of benzene rings is 2. The van der Waals surface area contributed by atoms with E-state index in [2.05, 4.69) is 31.3 Å². The molecule has 1 unspecified atom stereocenters. The van der Waals surface area contributed by atoms with Crippen LogP contribution in [-0.4, -0.2) is 26.4 Å². The molecule has 4 rings (SSSR count). The standard InChI is InChI=1S/C22H21BrClN5O2S/c1-3-32-22-27-21-26-12(2)18(20(25)30)19(29(21)28-22)16-10-14(23)6-9-17(16)31-11-13-4-7-15(24)8-5-13/h4-10,19H,3,11H2,1-2H3,(H2,25,30)(H,26,27,28). The molecule has 0 saturated heterocycles. The molecule has 0 spiro atoms. The van der Waals surface area contributed by atoms with Crippen LogP contribution in [0.5, 0.6) is 5.75 Å². The van der Waals surface area contributed by atoms with E-state index in [0.717, 1.165) is 21.4 Å². The summed E-state index contributed by atoms with van der Waals surface area (Å²) in [5.41, 5.74) is 8.57. The molecule has 0 aliphatic carbocycles. The Bertz CT molecular complexity index is 1200. The first kappa shape index (κ1) is 22.7. The van der Waals surface area contributed by atoms with Gasteiger partial charge in [0.15, 0.2) is 0 Å². The van der Waals surface area contributed by atoms with Crippen LogP contribution in [0.25, 0.3) is 0 Å². The number of carbonyl (C=O) groups excluding carboxylic acids is 1. The lowest BCUT2D eigenvalue weighted by atomic mass is 9.94. The number of ether oxygens (including phenoxy) is 1. The van der Waals surface area contributed by atoms with Crippen molar-refractivity contribution < 1.29 is 9.53 Å². The van der Waals surface area contributed by atoms with E-state index in [-0.39, 0.29) is 0 Å². The molecule has 2 heterocycles. The van der Waals surface area contributed by atoms with Crippen LogP contribution in [0.1, 0.15) is 31.0 Å². The van der Waals surface area contributed by atoms with Crippen LogP contribution in [0, 0.1) is 0 Å². The highest BCUT2D eigenvalue weighted by Gasteiger charge is 2.35. The Morgan fingerprint density at radius 2 is 2.06 bits per heavy atom. The summed E-state index contributed by atoms with van der Waals surface area (Å²) in [5, 5.41) is 9.09. The second kappa shape index (κ2) is 9.56. The van der Waals surface area contributed by atoms with Gasteiger partial charge >= 0.3 is 0 Å². The van der Waals surface area contributed by atoms with Crippen molar-refractivity contribution in [2.75, 3.05) is 11.1 Å². The molecule has 3 aromatic rings. The number of rotatable bonds is 7. The molecule has 7 nitrogen and oxygen atoms in total. The zero-order valence-corrected chi connectivity index (χ0v) is 20.6. The van der Waals surface area contributed by atoms with Crippen LogP contribution < -0.4 is 15.8 Å². The zero-order chi connectivity index (χ0) is 22.8. The summed E-state index contributed by atoms with van der Waals surface area (Å²) in [6.07, 6.45) is 0. The Hall–Kier alpha value is -2.49. The molecule has 0 saturated carbocycles. The van der Waals surface area contributed by atoms with Crippen molar-refractivity contribution in [1.29, 1.82) is 0 Å². The summed E-state index contributed by atoms with van der Waals surface area (Å²) in [5.74, 6) is 1.47. The third-order valence-corrected chi connectivity index (χ3v) is 6.41. The fourth-order valence-electron chi connectivity index (χ4n) is 3.53. The van der Waals surface area contributed by atoms with Crippen LogP contribution >= 0.6 is 39.3 Å². The number of primary amides is 1. The van der Waals surface area contributed by atoms with Gasteiger partial charge in [0.05, 0.1) is 5.57 Å². The number of halogens is 2. The van der Waals surface area contributed by atoms with E-state index in [9.17, 15) is 4.79 Å². The van der Waals surface area contributed by atoms with Crippen LogP contribution in [0.15, 0.2) is 63.4 Å². The quantitative estimate of drug-likeness (QED) is 0.407. The third kappa shape index (κ3) is 4.65. The van der Waals surface area contributed by atoms with Crippen molar-refractivity contribution in [2.24, 2.45) is 5.73 Å². The van der Waals surface area contributed by atoms with Crippen molar-refractivity contribution in [3.63, 3.8) is 0 Å². The number of allylic oxidation sites excluding steroid dienone is 1. The third-order valence-electron chi connectivity index (χ3n) is 4.95. The average Bonchev–Trinajstić information content (AvgIpc) is 3.15. The molecule has 3 N–H and O–H groups in total. The van der Waals surface area contributed by atoms with Crippen LogP contribution in [0.2, 0.25) is 5.02 Å². The average molecular weight is 535 g/mol. The van der Waals surface area contributed by atoms with Gasteiger partial charge in [0.1, 0.15) is 18.4 Å². The van der Waals surface area contributed by atoms with E-state index in [1.807, 2.05) is 56.3 Å².